The number of azide groups is 1. The van der Waals surface area contributed by atoms with E-state index in [2.05, 4.69) is 28.8 Å². The van der Waals surface area contributed by atoms with Crippen LogP contribution in [0.4, 0.5) is 0 Å². The Hall–Kier alpha value is -1.25. The van der Waals surface area contributed by atoms with Gasteiger partial charge in [0, 0.05) is 11.3 Å². The number of rotatable bonds is 14. The molecule has 0 unspecified atom stereocenters. The summed E-state index contributed by atoms with van der Waals surface area (Å²) in [4.78, 5) is 2.52. The van der Waals surface area contributed by atoms with Gasteiger partial charge in [0.05, 0.1) is 12.6 Å². The molecule has 3 atom stereocenters. The van der Waals surface area contributed by atoms with Crippen molar-refractivity contribution in [3.05, 3.63) is 10.4 Å². The van der Waals surface area contributed by atoms with Gasteiger partial charge in [-0.05, 0) is 12.0 Å². The molecule has 0 aliphatic carbocycles. The zero-order valence-corrected chi connectivity index (χ0v) is 14.9. The molecule has 0 aromatic heterocycles. The highest BCUT2D eigenvalue weighted by Crippen LogP contribution is 2.11. The molecule has 6 nitrogen and oxygen atoms in total. The van der Waals surface area contributed by atoms with Gasteiger partial charge in [0.1, 0.15) is 12.2 Å². The predicted octanol–water partition coefficient (Wildman–Crippen LogP) is 3.69. The summed E-state index contributed by atoms with van der Waals surface area (Å²) in [6.45, 7) is 1.70. The fourth-order valence-electron chi connectivity index (χ4n) is 2.45. The topological polar surface area (TPSA) is 109 Å². The van der Waals surface area contributed by atoms with E-state index in [1.807, 2.05) is 0 Å². The normalized spacial score (nSPS) is 14.2. The second kappa shape index (κ2) is 16.6. The summed E-state index contributed by atoms with van der Waals surface area (Å²) < 4.78 is 0. The lowest BCUT2D eigenvalue weighted by Gasteiger charge is -2.17. The monoisotopic (exact) mass is 339 g/mol. The third kappa shape index (κ3) is 12.2. The van der Waals surface area contributed by atoms with Gasteiger partial charge in [0.2, 0.25) is 0 Å². The van der Waals surface area contributed by atoms with E-state index in [0.717, 1.165) is 12.8 Å². The average molecular weight is 339 g/mol. The lowest BCUT2D eigenvalue weighted by molar-refractivity contribution is 0.0222. The first-order valence-electron chi connectivity index (χ1n) is 9.17. The summed E-state index contributed by atoms with van der Waals surface area (Å²) in [7, 11) is 0. The van der Waals surface area contributed by atoms with E-state index in [4.69, 9.17) is 10.6 Å². The molecule has 0 radical (unpaired) electrons. The molecular formula is C18H33N3O3. The molecule has 0 spiro atoms. The largest absolute Gasteiger partial charge is 0.396 e. The summed E-state index contributed by atoms with van der Waals surface area (Å²) in [5.41, 5.74) is 8.31. The predicted molar refractivity (Wildman–Crippen MR) is 96.3 cm³/mol. The molecule has 0 aromatic carbocycles. The van der Waals surface area contributed by atoms with Crippen molar-refractivity contribution in [3.63, 3.8) is 0 Å². The van der Waals surface area contributed by atoms with Crippen molar-refractivity contribution in [2.45, 2.75) is 95.8 Å². The van der Waals surface area contributed by atoms with E-state index in [-0.39, 0.29) is 0 Å². The minimum atomic E-state index is -1.37. The van der Waals surface area contributed by atoms with Gasteiger partial charge in [-0.3, -0.25) is 0 Å². The van der Waals surface area contributed by atoms with Crippen molar-refractivity contribution in [3.8, 4) is 11.8 Å². The van der Waals surface area contributed by atoms with Crippen LogP contribution in [-0.4, -0.2) is 40.2 Å². The van der Waals surface area contributed by atoms with Crippen LogP contribution < -0.4 is 0 Å². The first-order chi connectivity index (χ1) is 11.7. The maximum Gasteiger partial charge on any atom is 0.140 e. The van der Waals surface area contributed by atoms with E-state index in [9.17, 15) is 10.2 Å². The Balaban J connectivity index is 3.67. The Kier molecular flexibility index (Phi) is 15.7. The van der Waals surface area contributed by atoms with Crippen LogP contribution in [0.5, 0.6) is 0 Å². The van der Waals surface area contributed by atoms with Crippen molar-refractivity contribution in [1.82, 2.24) is 0 Å². The van der Waals surface area contributed by atoms with Gasteiger partial charge in [-0.2, -0.15) is 0 Å². The molecule has 0 aliphatic rings. The van der Waals surface area contributed by atoms with Crippen LogP contribution in [-0.2, 0) is 0 Å². The maximum absolute atomic E-state index is 9.71. The molecule has 3 N–H and O–H groups in total. The van der Waals surface area contributed by atoms with E-state index in [1.54, 1.807) is 0 Å². The second-order valence-electron chi connectivity index (χ2n) is 6.14. The van der Waals surface area contributed by atoms with Gasteiger partial charge in [-0.25, -0.2) is 0 Å². The van der Waals surface area contributed by atoms with Crippen molar-refractivity contribution < 1.29 is 15.3 Å². The molecule has 0 rings (SSSR count). The van der Waals surface area contributed by atoms with Crippen LogP contribution in [0.25, 0.3) is 10.4 Å². The Bertz CT molecular complexity index is 400. The number of hydrogen-bond acceptors (Lipinski definition) is 4. The van der Waals surface area contributed by atoms with Gasteiger partial charge in [0.15, 0.2) is 0 Å². The van der Waals surface area contributed by atoms with Gasteiger partial charge < -0.3 is 15.3 Å². The molecule has 0 heterocycles. The number of unbranched alkanes of at least 4 members (excludes halogenated alkanes) is 10. The summed E-state index contributed by atoms with van der Waals surface area (Å²) in [5, 5.41) is 31.6. The molecule has 0 bridgehead atoms. The third-order valence-electron chi connectivity index (χ3n) is 4.01. The maximum atomic E-state index is 9.71. The Morgan fingerprint density at radius 3 is 2.00 bits per heavy atom. The molecule has 0 aromatic rings. The Morgan fingerprint density at radius 1 is 0.958 bits per heavy atom. The highest BCUT2D eigenvalue weighted by atomic mass is 16.3. The van der Waals surface area contributed by atoms with Crippen LogP contribution in [0, 0.1) is 11.8 Å². The van der Waals surface area contributed by atoms with Crippen LogP contribution in [0.3, 0.4) is 0 Å². The average Bonchev–Trinajstić information content (AvgIpc) is 2.59. The first kappa shape index (κ1) is 22.8. The van der Waals surface area contributed by atoms with Gasteiger partial charge in [0.25, 0.3) is 0 Å². The zero-order chi connectivity index (χ0) is 18.0. The molecule has 0 fully saturated rings. The minimum absolute atomic E-state index is 0.525. The minimum Gasteiger partial charge on any atom is -0.396 e. The molecular weight excluding hydrogens is 306 g/mol. The number of nitrogens with zero attached hydrogens (tertiary/aromatic N) is 3. The van der Waals surface area contributed by atoms with E-state index >= 15 is 0 Å². The highest BCUT2D eigenvalue weighted by molar-refractivity contribution is 5.08. The quantitative estimate of drug-likeness (QED) is 0.147. The first-order valence-corrected chi connectivity index (χ1v) is 9.17. The smallest absolute Gasteiger partial charge is 0.140 e. The Labute approximate surface area is 145 Å². The molecule has 0 saturated heterocycles. The van der Waals surface area contributed by atoms with Gasteiger partial charge in [-0.1, -0.05) is 75.7 Å². The fourth-order valence-corrected chi connectivity index (χ4v) is 2.45. The highest BCUT2D eigenvalue weighted by Gasteiger charge is 2.23. The fraction of sp³-hybridized carbons (Fsp3) is 0.889. The van der Waals surface area contributed by atoms with Gasteiger partial charge >= 0.3 is 0 Å². The lowest BCUT2D eigenvalue weighted by atomic mass is 10.1. The molecule has 24 heavy (non-hydrogen) atoms. The molecule has 138 valence electrons. The third-order valence-corrected chi connectivity index (χ3v) is 4.01. The Morgan fingerprint density at radius 2 is 1.50 bits per heavy atom. The SMILES string of the molecule is CCCCCCCCCCCCC#C[C@@H](O)[C@@H](O)[C@H](CO)N=[N+]=[N-]. The summed E-state index contributed by atoms with van der Waals surface area (Å²) >= 11 is 0. The van der Waals surface area contributed by atoms with E-state index in [0.29, 0.717) is 6.42 Å². The van der Waals surface area contributed by atoms with E-state index < -0.39 is 24.9 Å². The van der Waals surface area contributed by atoms with Crippen molar-refractivity contribution in [1.29, 1.82) is 0 Å². The van der Waals surface area contributed by atoms with Crippen molar-refractivity contribution in [2.24, 2.45) is 5.11 Å². The molecule has 6 heteroatoms. The summed E-state index contributed by atoms with van der Waals surface area (Å²) in [6, 6.07) is -1.07. The van der Waals surface area contributed by atoms with E-state index in [1.165, 1.54) is 51.4 Å². The molecule has 0 saturated carbocycles. The van der Waals surface area contributed by atoms with Crippen molar-refractivity contribution in [2.75, 3.05) is 6.61 Å². The zero-order valence-electron chi connectivity index (χ0n) is 14.9. The molecule has 0 amide bonds. The van der Waals surface area contributed by atoms with Gasteiger partial charge in [-0.15, -0.1) is 5.92 Å². The summed E-state index contributed by atoms with van der Waals surface area (Å²) in [5.74, 6) is 5.38. The number of hydrogen-bond donors (Lipinski definition) is 3. The van der Waals surface area contributed by atoms with Crippen LogP contribution >= 0.6 is 0 Å². The van der Waals surface area contributed by atoms with Crippen LogP contribution in [0.15, 0.2) is 5.11 Å². The number of aliphatic hydroxyl groups is 3. The van der Waals surface area contributed by atoms with Crippen LogP contribution in [0.2, 0.25) is 0 Å². The standard InChI is InChI=1S/C18H33N3O3/c1-2-3-4-5-6-7-8-9-10-11-12-13-14-17(23)18(24)16(15-22)20-21-19/h16-18,22-24H,2-12,15H2,1H3/t16-,17+,18-/m0/s1. The number of aliphatic hydroxyl groups excluding tert-OH is 3. The lowest BCUT2D eigenvalue weighted by Crippen LogP contribution is -2.37. The van der Waals surface area contributed by atoms with Crippen LogP contribution in [0.1, 0.15) is 77.6 Å². The second-order valence-corrected chi connectivity index (χ2v) is 6.14. The van der Waals surface area contributed by atoms with Crippen molar-refractivity contribution >= 4 is 0 Å². The molecule has 0 aliphatic heterocycles. The summed E-state index contributed by atoms with van der Waals surface area (Å²) in [6.07, 6.45) is 10.6.